The number of nitrogens with zero attached hydrogens (tertiary/aromatic N) is 1. The molecule has 0 spiro atoms. The van der Waals surface area contributed by atoms with Gasteiger partial charge in [-0.25, -0.2) is 0 Å². The highest BCUT2D eigenvalue weighted by atomic mass is 16.5. The molecule has 1 saturated heterocycles. The first kappa shape index (κ1) is 14.3. The smallest absolute Gasteiger partial charge is 0.0695 e. The minimum Gasteiger partial charge on any atom is -0.391 e. The maximum absolute atomic E-state index is 9.94. The maximum Gasteiger partial charge on any atom is 0.0695 e. The Balaban J connectivity index is 1.62. The van der Waals surface area contributed by atoms with Gasteiger partial charge in [0.1, 0.15) is 0 Å². The molecule has 0 aromatic heterocycles. The summed E-state index contributed by atoms with van der Waals surface area (Å²) < 4.78 is 5.03. The van der Waals surface area contributed by atoms with Gasteiger partial charge < -0.3 is 15.2 Å². The van der Waals surface area contributed by atoms with E-state index in [1.54, 1.807) is 7.11 Å². The summed E-state index contributed by atoms with van der Waals surface area (Å²) >= 11 is 0. The molecule has 106 valence electrons. The summed E-state index contributed by atoms with van der Waals surface area (Å²) in [6.45, 7) is 5.20. The lowest BCUT2D eigenvalue weighted by atomic mass is 9.95. The van der Waals surface area contributed by atoms with Gasteiger partial charge in [0.15, 0.2) is 0 Å². The zero-order valence-corrected chi connectivity index (χ0v) is 11.6. The fourth-order valence-corrected chi connectivity index (χ4v) is 3.32. The quantitative estimate of drug-likeness (QED) is 0.692. The molecule has 1 aliphatic heterocycles. The van der Waals surface area contributed by atoms with E-state index >= 15 is 0 Å². The summed E-state index contributed by atoms with van der Waals surface area (Å²) in [5.41, 5.74) is 0. The van der Waals surface area contributed by atoms with Crippen molar-refractivity contribution in [2.24, 2.45) is 5.92 Å². The van der Waals surface area contributed by atoms with E-state index in [1.165, 1.54) is 38.8 Å². The fraction of sp³-hybridized carbons (Fsp3) is 1.00. The van der Waals surface area contributed by atoms with Crippen LogP contribution in [0.25, 0.3) is 0 Å². The van der Waals surface area contributed by atoms with Crippen LogP contribution in [0.15, 0.2) is 0 Å². The van der Waals surface area contributed by atoms with Crippen molar-refractivity contribution in [3.8, 4) is 0 Å². The van der Waals surface area contributed by atoms with Crippen molar-refractivity contribution in [2.45, 2.75) is 44.2 Å². The topological polar surface area (TPSA) is 44.7 Å². The normalized spacial score (nSPS) is 31.0. The van der Waals surface area contributed by atoms with E-state index in [9.17, 15) is 5.11 Å². The standard InChI is InChI=1S/C14H28N2O2/c1-18-10-7-15-11-12-5-8-16(9-6-12)13-3-2-4-14(13)17/h12-15,17H,2-11H2,1H3. The lowest BCUT2D eigenvalue weighted by Crippen LogP contribution is -2.46. The second-order valence-corrected chi connectivity index (χ2v) is 5.74. The molecule has 1 saturated carbocycles. The average Bonchev–Trinajstić information content (AvgIpc) is 2.82. The fourth-order valence-electron chi connectivity index (χ4n) is 3.32. The van der Waals surface area contributed by atoms with E-state index < -0.39 is 0 Å². The molecule has 0 aromatic carbocycles. The highest BCUT2D eigenvalue weighted by Gasteiger charge is 2.32. The van der Waals surface area contributed by atoms with Gasteiger partial charge in [0.2, 0.25) is 0 Å². The number of methoxy groups -OCH3 is 1. The first-order valence-corrected chi connectivity index (χ1v) is 7.43. The van der Waals surface area contributed by atoms with Gasteiger partial charge in [0.05, 0.1) is 12.7 Å². The highest BCUT2D eigenvalue weighted by Crippen LogP contribution is 2.28. The van der Waals surface area contributed by atoms with Crippen molar-refractivity contribution in [1.29, 1.82) is 0 Å². The van der Waals surface area contributed by atoms with Crippen LogP contribution < -0.4 is 5.32 Å². The third kappa shape index (κ3) is 3.92. The summed E-state index contributed by atoms with van der Waals surface area (Å²) in [6, 6.07) is 0.451. The van der Waals surface area contributed by atoms with Gasteiger partial charge in [-0.15, -0.1) is 0 Å². The lowest BCUT2D eigenvalue weighted by Gasteiger charge is -2.37. The zero-order valence-electron chi connectivity index (χ0n) is 11.6. The van der Waals surface area contributed by atoms with Crippen LogP contribution in [0.4, 0.5) is 0 Å². The van der Waals surface area contributed by atoms with Gasteiger partial charge in [0.25, 0.3) is 0 Å². The van der Waals surface area contributed by atoms with Crippen molar-refractivity contribution in [1.82, 2.24) is 10.2 Å². The van der Waals surface area contributed by atoms with E-state index in [2.05, 4.69) is 10.2 Å². The Hall–Kier alpha value is -0.160. The molecule has 2 fully saturated rings. The Kier molecular flexibility index (Phi) is 5.89. The molecular formula is C14H28N2O2. The van der Waals surface area contributed by atoms with Crippen molar-refractivity contribution in [3.63, 3.8) is 0 Å². The molecule has 2 atom stereocenters. The molecule has 0 amide bonds. The summed E-state index contributed by atoms with van der Waals surface area (Å²) in [5.74, 6) is 0.802. The van der Waals surface area contributed by atoms with E-state index in [0.717, 1.165) is 32.0 Å². The van der Waals surface area contributed by atoms with Gasteiger partial charge in [-0.1, -0.05) is 0 Å². The third-order valence-electron chi connectivity index (χ3n) is 4.48. The Bertz CT molecular complexity index is 230. The zero-order chi connectivity index (χ0) is 12.8. The number of likely N-dealkylation sites (tertiary alicyclic amines) is 1. The molecule has 1 aliphatic carbocycles. The van der Waals surface area contributed by atoms with E-state index in [4.69, 9.17) is 4.74 Å². The first-order valence-electron chi connectivity index (χ1n) is 7.43. The Morgan fingerprint density at radius 3 is 2.61 bits per heavy atom. The molecule has 2 unspecified atom stereocenters. The van der Waals surface area contributed by atoms with Crippen LogP contribution in [-0.2, 0) is 4.74 Å². The second-order valence-electron chi connectivity index (χ2n) is 5.74. The molecule has 18 heavy (non-hydrogen) atoms. The number of ether oxygens (including phenoxy) is 1. The van der Waals surface area contributed by atoms with Crippen LogP contribution in [-0.4, -0.2) is 62.0 Å². The van der Waals surface area contributed by atoms with E-state index in [1.807, 2.05) is 0 Å². The van der Waals surface area contributed by atoms with Crippen LogP contribution in [0.5, 0.6) is 0 Å². The van der Waals surface area contributed by atoms with E-state index in [-0.39, 0.29) is 6.10 Å². The summed E-state index contributed by atoms with van der Waals surface area (Å²) in [4.78, 5) is 2.52. The number of piperidine rings is 1. The summed E-state index contributed by atoms with van der Waals surface area (Å²) in [6.07, 6.45) is 5.86. The molecule has 2 aliphatic rings. The number of aliphatic hydroxyl groups excluding tert-OH is 1. The Labute approximate surface area is 111 Å². The van der Waals surface area contributed by atoms with Gasteiger partial charge >= 0.3 is 0 Å². The number of rotatable bonds is 6. The number of hydrogen-bond acceptors (Lipinski definition) is 4. The monoisotopic (exact) mass is 256 g/mol. The van der Waals surface area contributed by atoms with Gasteiger partial charge in [-0.3, -0.25) is 4.90 Å². The Morgan fingerprint density at radius 1 is 1.22 bits per heavy atom. The van der Waals surface area contributed by atoms with Crippen LogP contribution in [0.3, 0.4) is 0 Å². The highest BCUT2D eigenvalue weighted by molar-refractivity contribution is 4.87. The third-order valence-corrected chi connectivity index (χ3v) is 4.48. The van der Waals surface area contributed by atoms with Crippen LogP contribution in [0.1, 0.15) is 32.1 Å². The van der Waals surface area contributed by atoms with Crippen LogP contribution in [0.2, 0.25) is 0 Å². The molecule has 1 heterocycles. The van der Waals surface area contributed by atoms with Crippen molar-refractivity contribution >= 4 is 0 Å². The average molecular weight is 256 g/mol. The molecule has 0 aromatic rings. The largest absolute Gasteiger partial charge is 0.391 e. The molecule has 4 nitrogen and oxygen atoms in total. The molecule has 4 heteroatoms. The second kappa shape index (κ2) is 7.43. The SMILES string of the molecule is COCCNCC1CCN(C2CCCC2O)CC1. The maximum atomic E-state index is 9.94. The molecule has 0 bridgehead atoms. The van der Waals surface area contributed by atoms with Crippen molar-refractivity contribution in [3.05, 3.63) is 0 Å². The first-order chi connectivity index (χ1) is 8.81. The molecule has 2 N–H and O–H groups in total. The molecule has 2 rings (SSSR count). The van der Waals surface area contributed by atoms with Gasteiger partial charge in [-0.2, -0.15) is 0 Å². The van der Waals surface area contributed by atoms with Crippen LogP contribution in [0, 0.1) is 5.92 Å². The minimum absolute atomic E-state index is 0.0682. The Morgan fingerprint density at radius 2 is 2.00 bits per heavy atom. The molecular weight excluding hydrogens is 228 g/mol. The van der Waals surface area contributed by atoms with Gasteiger partial charge in [0, 0.05) is 19.7 Å². The van der Waals surface area contributed by atoms with Gasteiger partial charge in [-0.05, 0) is 57.7 Å². The minimum atomic E-state index is -0.0682. The molecule has 0 radical (unpaired) electrons. The number of hydrogen-bond donors (Lipinski definition) is 2. The lowest BCUT2D eigenvalue weighted by molar-refractivity contribution is 0.0480. The van der Waals surface area contributed by atoms with E-state index in [0.29, 0.717) is 6.04 Å². The van der Waals surface area contributed by atoms with Crippen LogP contribution >= 0.6 is 0 Å². The summed E-state index contributed by atoms with van der Waals surface area (Å²) in [5, 5.41) is 13.4. The predicted octanol–water partition coefficient (Wildman–Crippen LogP) is 0.848. The number of aliphatic hydroxyl groups is 1. The predicted molar refractivity (Wildman–Crippen MR) is 72.7 cm³/mol. The van der Waals surface area contributed by atoms with Crippen molar-refractivity contribution in [2.75, 3.05) is 39.9 Å². The number of nitrogens with one attached hydrogen (secondary N) is 1. The van der Waals surface area contributed by atoms with Crippen molar-refractivity contribution < 1.29 is 9.84 Å². The summed E-state index contributed by atoms with van der Waals surface area (Å²) in [7, 11) is 1.74.